The molecule has 0 aliphatic heterocycles. The second kappa shape index (κ2) is 21.0. The minimum atomic E-state index is 0. The molecule has 49 heavy (non-hydrogen) atoms. The fraction of sp³-hybridized carbons (Fsp3) is 0.348. The molecule has 0 unspecified atom stereocenters. The Balaban J connectivity index is 0.000000688. The van der Waals surface area contributed by atoms with Crippen LogP contribution >= 0.6 is 0 Å². The van der Waals surface area contributed by atoms with E-state index in [2.05, 4.69) is 154 Å². The number of fused-ring (bicyclic) bond motifs is 3. The van der Waals surface area contributed by atoms with Gasteiger partial charge in [0.2, 0.25) is 0 Å². The first-order chi connectivity index (χ1) is 21.9. The maximum absolute atomic E-state index is 3.67. The van der Waals surface area contributed by atoms with Crippen LogP contribution in [0.25, 0.3) is 11.1 Å². The number of hydrogen-bond acceptors (Lipinski definition) is 0. The van der Waals surface area contributed by atoms with E-state index in [0.29, 0.717) is 5.41 Å². The molecule has 0 saturated carbocycles. The summed E-state index contributed by atoms with van der Waals surface area (Å²) >= 11 is 1.30. The summed E-state index contributed by atoms with van der Waals surface area (Å²) in [7, 11) is 0. The molecule has 0 aromatic heterocycles. The Kier molecular flexibility index (Phi) is 20.0. The van der Waals surface area contributed by atoms with E-state index in [1.54, 1.807) is 0 Å². The van der Waals surface area contributed by atoms with Gasteiger partial charge in [-0.25, -0.2) is 6.07 Å². The summed E-state index contributed by atoms with van der Waals surface area (Å²) in [5.41, 5.74) is 14.4. The molecule has 0 N–H and O–H groups in total. The van der Waals surface area contributed by atoms with Gasteiger partial charge in [0.15, 0.2) is 0 Å². The number of aryl methyl sites for hydroxylation is 3. The van der Waals surface area contributed by atoms with E-state index in [9.17, 15) is 0 Å². The fourth-order valence-electron chi connectivity index (χ4n) is 5.00. The Bertz CT molecular complexity index is 1540. The summed E-state index contributed by atoms with van der Waals surface area (Å²) in [6.45, 7) is 26.6. The molecule has 0 atom stereocenters. The summed E-state index contributed by atoms with van der Waals surface area (Å²) < 4.78 is 3.34. The monoisotopic (exact) mass is 768 g/mol. The van der Waals surface area contributed by atoms with Gasteiger partial charge in [0.05, 0.1) is 0 Å². The molecule has 1 aliphatic rings. The van der Waals surface area contributed by atoms with Crippen LogP contribution in [0.1, 0.15) is 107 Å². The third-order valence-corrected chi connectivity index (χ3v) is 8.01. The van der Waals surface area contributed by atoms with Crippen molar-refractivity contribution >= 4 is 4.21 Å². The largest absolute Gasteiger partial charge is 1.00 e. The topological polar surface area (TPSA) is 0 Å². The third-order valence-electron chi connectivity index (χ3n) is 8.01. The minimum Gasteiger partial charge on any atom is -1.00 e. The van der Waals surface area contributed by atoms with E-state index in [-0.39, 0.29) is 35.6 Å². The normalized spacial score (nSPS) is 11.0. The van der Waals surface area contributed by atoms with Crippen molar-refractivity contribution in [2.75, 3.05) is 0 Å². The van der Waals surface area contributed by atoms with E-state index in [0.717, 1.165) is 6.42 Å². The SMILES string of the molecule is CC(C)(C)c1[c-]c2c(cc1)-c1ccc(C(C)(C)C)cc1C2.Cc1cc(C(C)(C)C)c[cH-]1.Cc1cc[c-]cc1.Cc1cc[c-]cc1.[CH2]=[Zr].[Cl-].[Cl-]. The van der Waals surface area contributed by atoms with Crippen LogP contribution in [0.3, 0.4) is 0 Å². The van der Waals surface area contributed by atoms with Gasteiger partial charge in [-0.3, -0.25) is 0 Å². The minimum absolute atomic E-state index is 0. The van der Waals surface area contributed by atoms with Gasteiger partial charge >= 0.3 is 28.4 Å². The maximum atomic E-state index is 3.67. The summed E-state index contributed by atoms with van der Waals surface area (Å²) in [5.74, 6) is 0. The summed E-state index contributed by atoms with van der Waals surface area (Å²) in [4.78, 5) is 0. The zero-order valence-corrected chi connectivity index (χ0v) is 35.9. The molecule has 0 fully saturated rings. The van der Waals surface area contributed by atoms with Crippen LogP contribution in [0.4, 0.5) is 0 Å². The Hall–Kier alpha value is -2.44. The molecule has 5 aromatic carbocycles. The van der Waals surface area contributed by atoms with Gasteiger partial charge in [-0.2, -0.15) is 119 Å². The van der Waals surface area contributed by atoms with Crippen molar-refractivity contribution in [2.45, 2.75) is 106 Å². The van der Waals surface area contributed by atoms with E-state index < -0.39 is 0 Å². The van der Waals surface area contributed by atoms with Crippen molar-refractivity contribution in [2.24, 2.45) is 0 Å². The molecule has 5 aromatic rings. The predicted molar refractivity (Wildman–Crippen MR) is 204 cm³/mol. The van der Waals surface area contributed by atoms with Gasteiger partial charge in [-0.1, -0.05) is 112 Å². The molecular weight excluding hydrogens is 715 g/mol. The molecule has 264 valence electrons. The average molecular weight is 771 g/mol. The number of benzene rings is 4. The van der Waals surface area contributed by atoms with Crippen molar-refractivity contribution in [3.8, 4) is 11.1 Å². The molecule has 6 rings (SSSR count). The van der Waals surface area contributed by atoms with E-state index in [4.69, 9.17) is 0 Å². The molecule has 3 heteroatoms. The summed E-state index contributed by atoms with van der Waals surface area (Å²) in [6, 6.07) is 43.4. The second-order valence-corrected chi connectivity index (χ2v) is 15.4. The fourth-order valence-corrected chi connectivity index (χ4v) is 5.00. The van der Waals surface area contributed by atoms with Crippen LogP contribution in [-0.4, -0.2) is 4.21 Å². The number of rotatable bonds is 0. The number of halogens is 2. The molecule has 0 bridgehead atoms. The zero-order chi connectivity index (χ0) is 35.4. The maximum Gasteiger partial charge on any atom is -1.00 e. The molecule has 0 radical (unpaired) electrons. The van der Waals surface area contributed by atoms with Crippen LogP contribution in [-0.2, 0) is 46.9 Å². The Morgan fingerprint density at radius 2 is 1.06 bits per heavy atom. The van der Waals surface area contributed by atoms with Gasteiger partial charge in [0, 0.05) is 0 Å². The summed E-state index contributed by atoms with van der Waals surface area (Å²) in [6.07, 6.45) is 1.03. The van der Waals surface area contributed by atoms with Gasteiger partial charge in [0.25, 0.3) is 0 Å². The Morgan fingerprint density at radius 3 is 1.41 bits per heavy atom. The molecule has 0 spiro atoms. The van der Waals surface area contributed by atoms with E-state index in [1.807, 2.05) is 48.5 Å². The van der Waals surface area contributed by atoms with Crippen molar-refractivity contribution < 1.29 is 49.0 Å². The predicted octanol–water partition coefficient (Wildman–Crippen LogP) is 6.23. The molecule has 1 aliphatic carbocycles. The smallest absolute Gasteiger partial charge is 1.00 e. The molecule has 0 heterocycles. The van der Waals surface area contributed by atoms with Crippen molar-refractivity contribution in [1.29, 1.82) is 0 Å². The molecule has 0 nitrogen and oxygen atoms in total. The standard InChI is InChI=1S/C21H25.C10H15.2C7H7.CH2.2ClH.Zr/c1-20(2,3)16-7-9-18-14(12-16)11-15-13-17(21(4,5)6)8-10-19(15)18;1-8-5-6-9(7-8)10(2,3)4;2*1-7-5-3-2-4-6-7;;;;/h7-10,12H,11H2,1-6H3;5-7H,1-4H3;2*3-6H,1H3;1H2;2*1H;/q4*-1;;;;/p-2. The van der Waals surface area contributed by atoms with Crippen molar-refractivity contribution in [3.63, 3.8) is 0 Å². The first kappa shape index (κ1) is 46.6. The Morgan fingerprint density at radius 1 is 0.592 bits per heavy atom. The Labute approximate surface area is 327 Å². The van der Waals surface area contributed by atoms with Gasteiger partial charge in [-0.15, -0.1) is 11.1 Å². The first-order valence-corrected chi connectivity index (χ1v) is 18.3. The average Bonchev–Trinajstić information content (AvgIpc) is 3.62. The quantitative estimate of drug-likeness (QED) is 0.161. The van der Waals surface area contributed by atoms with Crippen LogP contribution in [0.15, 0.2) is 97.1 Å². The van der Waals surface area contributed by atoms with Crippen LogP contribution in [0.2, 0.25) is 0 Å². The second-order valence-electron chi connectivity index (χ2n) is 15.4. The zero-order valence-electron chi connectivity index (χ0n) is 31.9. The van der Waals surface area contributed by atoms with E-state index >= 15 is 0 Å². The van der Waals surface area contributed by atoms with Crippen LogP contribution in [0.5, 0.6) is 0 Å². The summed E-state index contributed by atoms with van der Waals surface area (Å²) in [5, 5.41) is 0. The molecule has 0 saturated heterocycles. The van der Waals surface area contributed by atoms with Crippen molar-refractivity contribution in [1.82, 2.24) is 0 Å². The van der Waals surface area contributed by atoms with Gasteiger partial charge in [0.1, 0.15) is 0 Å². The molecule has 0 amide bonds. The third kappa shape index (κ3) is 15.6. The van der Waals surface area contributed by atoms with Crippen LogP contribution < -0.4 is 24.8 Å². The first-order valence-electron chi connectivity index (χ1n) is 16.6. The van der Waals surface area contributed by atoms with Gasteiger partial charge < -0.3 is 24.8 Å². The van der Waals surface area contributed by atoms with Crippen molar-refractivity contribution in [3.05, 3.63) is 160 Å². The number of hydrogen-bond donors (Lipinski definition) is 0. The molecular formula is C46H56Cl2Zr-6. The van der Waals surface area contributed by atoms with E-state index in [1.165, 1.54) is 79.9 Å². The van der Waals surface area contributed by atoms with Crippen LogP contribution in [0, 0.1) is 39.0 Å². The van der Waals surface area contributed by atoms with Gasteiger partial charge in [-0.05, 0) is 28.4 Å².